The van der Waals surface area contributed by atoms with Crippen molar-refractivity contribution in [2.24, 2.45) is 11.7 Å². The standard InChI is InChI=1S/C33H44N10O3S/c1-40(2)17-22-4-6-24(7-5-22)38-30-14-31(34)42(21-28(30)29-11-8-25(16-36-29)41-19-26(20-41)46-3)32-12-13-35-33(39-32)23-15-37-43(18-23)47(44,45)27-9-10-27/h8,11-16,18,22,24,26-27,38H,4-7,9-10,17,19-21,34H2,1-3H3. The number of nitrogens with zero attached hydrogens (tertiary/aromatic N) is 8. The van der Waals surface area contributed by atoms with Crippen molar-refractivity contribution >= 4 is 27.1 Å². The van der Waals surface area contributed by atoms with Gasteiger partial charge in [-0.05, 0) is 76.7 Å². The molecule has 7 rings (SSSR count). The Balaban J connectivity index is 1.14. The lowest BCUT2D eigenvalue weighted by Crippen LogP contribution is -2.51. The zero-order valence-electron chi connectivity index (χ0n) is 27.3. The molecule has 4 aliphatic rings. The smallest absolute Gasteiger partial charge is 0.256 e. The van der Waals surface area contributed by atoms with Crippen LogP contribution in [0.2, 0.25) is 0 Å². The second-order valence-electron chi connectivity index (χ2n) is 13.4. The molecule has 0 aromatic carbocycles. The first kappa shape index (κ1) is 31.6. The van der Waals surface area contributed by atoms with Crippen LogP contribution >= 0.6 is 0 Å². The first-order chi connectivity index (χ1) is 22.7. The van der Waals surface area contributed by atoms with E-state index in [9.17, 15) is 8.42 Å². The minimum atomic E-state index is -3.49. The van der Waals surface area contributed by atoms with E-state index in [2.05, 4.69) is 51.4 Å². The van der Waals surface area contributed by atoms with Crippen LogP contribution in [0.25, 0.3) is 17.0 Å². The van der Waals surface area contributed by atoms with Gasteiger partial charge in [-0.15, -0.1) is 0 Å². The van der Waals surface area contributed by atoms with Crippen LogP contribution in [0.4, 0.5) is 11.5 Å². The minimum absolute atomic E-state index is 0.260. The maximum Gasteiger partial charge on any atom is 0.256 e. The number of pyridine rings is 1. The Bertz CT molecular complexity index is 1750. The quantitative estimate of drug-likeness (QED) is 0.312. The lowest BCUT2D eigenvalue weighted by atomic mass is 9.85. The van der Waals surface area contributed by atoms with Gasteiger partial charge >= 0.3 is 0 Å². The summed E-state index contributed by atoms with van der Waals surface area (Å²) >= 11 is 0. The molecule has 47 heavy (non-hydrogen) atoms. The number of methoxy groups -OCH3 is 1. The van der Waals surface area contributed by atoms with Crippen LogP contribution in [0.1, 0.15) is 44.2 Å². The molecule has 2 saturated carbocycles. The molecule has 2 aliphatic carbocycles. The molecule has 3 aromatic heterocycles. The van der Waals surface area contributed by atoms with Gasteiger partial charge in [-0.25, -0.2) is 18.4 Å². The Morgan fingerprint density at radius 2 is 1.83 bits per heavy atom. The summed E-state index contributed by atoms with van der Waals surface area (Å²) in [6, 6.07) is 6.36. The fraction of sp³-hybridized carbons (Fsp3) is 0.515. The lowest BCUT2D eigenvalue weighted by Gasteiger charge is -2.39. The molecule has 0 amide bonds. The summed E-state index contributed by atoms with van der Waals surface area (Å²) in [6.07, 6.45) is 14.7. The summed E-state index contributed by atoms with van der Waals surface area (Å²) in [4.78, 5) is 20.6. The number of nitrogens with two attached hydrogens (primary N) is 1. The van der Waals surface area contributed by atoms with Crippen molar-refractivity contribution in [3.05, 3.63) is 66.3 Å². The Hall–Kier alpha value is -4.01. The first-order valence-electron chi connectivity index (χ1n) is 16.4. The number of hydrogen-bond acceptors (Lipinski definition) is 12. The highest BCUT2D eigenvalue weighted by atomic mass is 32.2. The lowest BCUT2D eigenvalue weighted by molar-refractivity contribution is 0.0787. The van der Waals surface area contributed by atoms with Gasteiger partial charge in [0.25, 0.3) is 10.0 Å². The van der Waals surface area contributed by atoms with E-state index in [0.29, 0.717) is 48.5 Å². The SMILES string of the molecule is COC1CN(c2ccc(C3=C(NC4CCC(CN(C)C)CC4)C=C(N)N(c4ccnc(-c5cnn(S(=O)(=O)C6CC6)c5)n4)C3)nc2)C1. The Morgan fingerprint density at radius 3 is 2.51 bits per heavy atom. The van der Waals surface area contributed by atoms with E-state index in [1.54, 1.807) is 13.3 Å². The molecule has 0 unspecified atom stereocenters. The molecule has 0 spiro atoms. The van der Waals surface area contributed by atoms with Crippen LogP contribution < -0.4 is 20.9 Å². The Morgan fingerprint density at radius 1 is 1.04 bits per heavy atom. The average Bonchev–Trinajstić information content (AvgIpc) is 3.79. The molecule has 2 aliphatic heterocycles. The van der Waals surface area contributed by atoms with Crippen molar-refractivity contribution in [1.29, 1.82) is 0 Å². The van der Waals surface area contributed by atoms with E-state index in [0.717, 1.165) is 65.1 Å². The Labute approximate surface area is 276 Å². The topological polar surface area (TPSA) is 148 Å². The van der Waals surface area contributed by atoms with E-state index >= 15 is 0 Å². The molecule has 13 nitrogen and oxygen atoms in total. The zero-order valence-corrected chi connectivity index (χ0v) is 28.1. The molecule has 0 radical (unpaired) electrons. The summed E-state index contributed by atoms with van der Waals surface area (Å²) in [5.41, 5.74) is 11.2. The molecule has 14 heteroatoms. The van der Waals surface area contributed by atoms with Gasteiger partial charge in [0.1, 0.15) is 11.6 Å². The second-order valence-corrected chi connectivity index (χ2v) is 15.5. The number of aromatic nitrogens is 5. The summed E-state index contributed by atoms with van der Waals surface area (Å²) in [5.74, 6) is 2.25. The zero-order chi connectivity index (χ0) is 32.7. The van der Waals surface area contributed by atoms with Crippen molar-refractivity contribution in [3.63, 3.8) is 0 Å². The molecular weight excluding hydrogens is 616 g/mol. The third-order valence-electron chi connectivity index (χ3n) is 9.62. The van der Waals surface area contributed by atoms with Gasteiger partial charge in [-0.1, -0.05) is 0 Å². The van der Waals surface area contributed by atoms with E-state index < -0.39 is 10.0 Å². The van der Waals surface area contributed by atoms with Gasteiger partial charge < -0.3 is 30.5 Å². The van der Waals surface area contributed by atoms with E-state index in [4.69, 9.17) is 20.4 Å². The molecule has 5 heterocycles. The van der Waals surface area contributed by atoms with Crippen LogP contribution in [-0.4, -0.2) is 102 Å². The highest BCUT2D eigenvalue weighted by molar-refractivity contribution is 7.90. The fourth-order valence-electron chi connectivity index (χ4n) is 6.70. The number of nitrogens with one attached hydrogen (secondary N) is 1. The highest BCUT2D eigenvalue weighted by Crippen LogP contribution is 2.33. The largest absolute Gasteiger partial charge is 0.385 e. The summed E-state index contributed by atoms with van der Waals surface area (Å²) < 4.78 is 31.9. The normalized spacial score (nSPS) is 22.4. The second kappa shape index (κ2) is 12.9. The maximum atomic E-state index is 12.7. The van der Waals surface area contributed by atoms with Crippen molar-refractivity contribution in [2.45, 2.75) is 55.9 Å². The number of anilines is 2. The third-order valence-corrected chi connectivity index (χ3v) is 11.7. The molecular formula is C33H44N10O3S. The van der Waals surface area contributed by atoms with Gasteiger partial charge in [0.15, 0.2) is 5.82 Å². The third kappa shape index (κ3) is 6.72. The number of ether oxygens (including phenoxy) is 1. The summed E-state index contributed by atoms with van der Waals surface area (Å²) in [6.45, 7) is 3.29. The average molecular weight is 661 g/mol. The van der Waals surface area contributed by atoms with Crippen LogP contribution in [-0.2, 0) is 14.8 Å². The van der Waals surface area contributed by atoms with Gasteiger partial charge in [-0.3, -0.25) is 4.98 Å². The molecule has 0 bridgehead atoms. The van der Waals surface area contributed by atoms with Crippen molar-refractivity contribution in [3.8, 4) is 11.4 Å². The van der Waals surface area contributed by atoms with Gasteiger partial charge in [-0.2, -0.15) is 9.19 Å². The number of allylic oxidation sites excluding steroid dienone is 1. The summed E-state index contributed by atoms with van der Waals surface area (Å²) in [7, 11) is 2.55. The first-order valence-corrected chi connectivity index (χ1v) is 17.9. The summed E-state index contributed by atoms with van der Waals surface area (Å²) in [5, 5.41) is 7.60. The van der Waals surface area contributed by atoms with Crippen LogP contribution in [0.5, 0.6) is 0 Å². The predicted molar refractivity (Wildman–Crippen MR) is 182 cm³/mol. The van der Waals surface area contributed by atoms with Gasteiger partial charge in [0, 0.05) is 56.3 Å². The molecule has 3 aromatic rings. The fourth-order valence-corrected chi connectivity index (χ4v) is 8.18. The molecule has 0 atom stereocenters. The highest BCUT2D eigenvalue weighted by Gasteiger charge is 2.38. The van der Waals surface area contributed by atoms with Crippen molar-refractivity contribution in [1.82, 2.24) is 34.4 Å². The van der Waals surface area contributed by atoms with Gasteiger partial charge in [0.2, 0.25) is 0 Å². The molecule has 3 N–H and O–H groups in total. The molecule has 250 valence electrons. The predicted octanol–water partition coefficient (Wildman–Crippen LogP) is 2.65. The molecule has 3 fully saturated rings. The minimum Gasteiger partial charge on any atom is -0.385 e. The molecule has 1 saturated heterocycles. The van der Waals surface area contributed by atoms with E-state index in [1.807, 2.05) is 23.2 Å². The number of hydrogen-bond donors (Lipinski definition) is 2. The monoisotopic (exact) mass is 660 g/mol. The van der Waals surface area contributed by atoms with E-state index in [-0.39, 0.29) is 11.4 Å². The van der Waals surface area contributed by atoms with Crippen LogP contribution in [0.15, 0.2) is 60.6 Å². The van der Waals surface area contributed by atoms with Crippen molar-refractivity contribution in [2.75, 3.05) is 57.2 Å². The van der Waals surface area contributed by atoms with E-state index in [1.165, 1.54) is 25.2 Å². The van der Waals surface area contributed by atoms with Gasteiger partial charge in [0.05, 0.1) is 53.4 Å². The maximum absolute atomic E-state index is 12.7. The Kier molecular flexibility index (Phi) is 8.66. The van der Waals surface area contributed by atoms with Crippen molar-refractivity contribution < 1.29 is 13.2 Å². The van der Waals surface area contributed by atoms with Crippen LogP contribution in [0.3, 0.4) is 0 Å². The number of rotatable bonds is 11. The van der Waals surface area contributed by atoms with Crippen LogP contribution in [0, 0.1) is 5.92 Å².